The fourth-order valence-electron chi connectivity index (χ4n) is 5.89. The van der Waals surface area contributed by atoms with Crippen LogP contribution < -0.4 is 4.57 Å². The van der Waals surface area contributed by atoms with Crippen molar-refractivity contribution in [3.8, 4) is 0 Å². The molecule has 3 saturated carbocycles. The highest BCUT2D eigenvalue weighted by molar-refractivity contribution is 5.80. The van der Waals surface area contributed by atoms with E-state index in [1.54, 1.807) is 0 Å². The standard InChI is InChI=1S/C21H30NO/c23-21(15-22-11-4-1-5-12-22)19-10-6-9-18-13-16-7-2-3-8-17(16)14-20(18)19/h1,4-5,11-12,16-20H,2-3,6-10,13-15H2/q+1/t16-,17+,18+,19-,20+/m1/s1. The monoisotopic (exact) mass is 312 g/mol. The molecule has 0 bridgehead atoms. The van der Waals surface area contributed by atoms with E-state index in [1.807, 2.05) is 30.6 Å². The molecular formula is C21H30NO+. The lowest BCUT2D eigenvalue weighted by Gasteiger charge is -2.48. The first-order valence-corrected chi connectivity index (χ1v) is 9.78. The average molecular weight is 312 g/mol. The van der Waals surface area contributed by atoms with Crippen molar-refractivity contribution in [2.75, 3.05) is 0 Å². The normalized spacial score (nSPS) is 36.8. The van der Waals surface area contributed by atoms with E-state index in [-0.39, 0.29) is 0 Å². The summed E-state index contributed by atoms with van der Waals surface area (Å²) in [5.41, 5.74) is 0. The van der Waals surface area contributed by atoms with Gasteiger partial charge in [0.1, 0.15) is 0 Å². The summed E-state index contributed by atoms with van der Waals surface area (Å²) in [6.45, 7) is 0.572. The Morgan fingerprint density at radius 2 is 1.52 bits per heavy atom. The molecule has 2 heteroatoms. The number of aromatic nitrogens is 1. The number of ketones is 1. The topological polar surface area (TPSA) is 20.9 Å². The van der Waals surface area contributed by atoms with Gasteiger partial charge in [-0.3, -0.25) is 4.79 Å². The summed E-state index contributed by atoms with van der Waals surface area (Å²) in [6, 6.07) is 6.05. The van der Waals surface area contributed by atoms with E-state index in [4.69, 9.17) is 0 Å². The first kappa shape index (κ1) is 15.4. The van der Waals surface area contributed by atoms with Crippen LogP contribution >= 0.6 is 0 Å². The molecule has 3 aliphatic rings. The molecule has 0 aromatic carbocycles. The van der Waals surface area contributed by atoms with Gasteiger partial charge in [-0.2, -0.15) is 4.57 Å². The van der Waals surface area contributed by atoms with Crippen LogP contribution in [0.2, 0.25) is 0 Å². The second kappa shape index (κ2) is 6.75. The van der Waals surface area contributed by atoms with E-state index in [0.717, 1.165) is 24.2 Å². The number of nitrogens with zero attached hydrogens (tertiary/aromatic N) is 1. The molecule has 0 unspecified atom stereocenters. The maximum atomic E-state index is 13.0. The molecule has 0 aliphatic heterocycles. The second-order valence-corrected chi connectivity index (χ2v) is 8.25. The summed E-state index contributed by atoms with van der Waals surface area (Å²) in [5, 5.41) is 0. The van der Waals surface area contributed by atoms with Crippen LogP contribution in [0.1, 0.15) is 57.8 Å². The van der Waals surface area contributed by atoms with Crippen molar-refractivity contribution in [1.82, 2.24) is 0 Å². The van der Waals surface area contributed by atoms with E-state index >= 15 is 0 Å². The SMILES string of the molecule is O=C(C[n+]1ccccc1)[C@@H]1CCC[C@H]2C[C@H]3CCCC[C@H]3C[C@@H]21. The van der Waals surface area contributed by atoms with Gasteiger partial charge >= 0.3 is 0 Å². The van der Waals surface area contributed by atoms with Crippen molar-refractivity contribution in [2.45, 2.75) is 64.3 Å². The van der Waals surface area contributed by atoms with Crippen molar-refractivity contribution < 1.29 is 9.36 Å². The van der Waals surface area contributed by atoms with Crippen LogP contribution in [0, 0.1) is 29.6 Å². The Bertz CT molecular complexity index is 540. The Hall–Kier alpha value is -1.18. The molecule has 0 spiro atoms. The molecule has 5 atom stereocenters. The third-order valence-electron chi connectivity index (χ3n) is 6.99. The van der Waals surface area contributed by atoms with Gasteiger partial charge in [0.2, 0.25) is 12.3 Å². The Labute approximate surface area is 140 Å². The Morgan fingerprint density at radius 1 is 0.826 bits per heavy atom. The van der Waals surface area contributed by atoms with Crippen LogP contribution in [-0.4, -0.2) is 5.78 Å². The first-order chi connectivity index (χ1) is 11.3. The summed E-state index contributed by atoms with van der Waals surface area (Å²) in [5.74, 6) is 4.29. The number of hydrogen-bond donors (Lipinski definition) is 0. The molecule has 0 radical (unpaired) electrons. The van der Waals surface area contributed by atoms with Crippen molar-refractivity contribution >= 4 is 5.78 Å². The van der Waals surface area contributed by atoms with Gasteiger partial charge in [0.15, 0.2) is 12.4 Å². The van der Waals surface area contributed by atoms with Gasteiger partial charge < -0.3 is 0 Å². The van der Waals surface area contributed by atoms with E-state index in [9.17, 15) is 4.79 Å². The van der Waals surface area contributed by atoms with Gasteiger partial charge in [-0.05, 0) is 42.9 Å². The number of carbonyl (C=O) groups excluding carboxylic acids is 1. The molecule has 1 aromatic rings. The largest absolute Gasteiger partial charge is 0.292 e. The lowest BCUT2D eigenvalue weighted by Crippen LogP contribution is -2.46. The van der Waals surface area contributed by atoms with Gasteiger partial charge in [-0.15, -0.1) is 0 Å². The van der Waals surface area contributed by atoms with Crippen LogP contribution in [0.5, 0.6) is 0 Å². The van der Waals surface area contributed by atoms with E-state index < -0.39 is 0 Å². The average Bonchev–Trinajstić information content (AvgIpc) is 2.60. The van der Waals surface area contributed by atoms with E-state index in [1.165, 1.54) is 51.4 Å². The zero-order valence-electron chi connectivity index (χ0n) is 14.2. The van der Waals surface area contributed by atoms with Crippen LogP contribution in [0.15, 0.2) is 30.6 Å². The van der Waals surface area contributed by atoms with Crippen molar-refractivity contribution in [3.63, 3.8) is 0 Å². The van der Waals surface area contributed by atoms with Crippen molar-refractivity contribution in [3.05, 3.63) is 30.6 Å². The van der Waals surface area contributed by atoms with Crippen molar-refractivity contribution in [1.29, 1.82) is 0 Å². The molecule has 0 saturated heterocycles. The molecule has 1 heterocycles. The second-order valence-electron chi connectivity index (χ2n) is 8.25. The highest BCUT2D eigenvalue weighted by Gasteiger charge is 2.45. The van der Waals surface area contributed by atoms with Gasteiger partial charge in [0, 0.05) is 18.1 Å². The summed E-state index contributed by atoms with van der Waals surface area (Å²) in [7, 11) is 0. The minimum absolute atomic E-state index is 0.337. The van der Waals surface area contributed by atoms with E-state index in [2.05, 4.69) is 4.57 Å². The Balaban J connectivity index is 1.46. The number of hydrogen-bond acceptors (Lipinski definition) is 1. The zero-order valence-corrected chi connectivity index (χ0v) is 14.2. The van der Waals surface area contributed by atoms with Gasteiger partial charge in [0.05, 0.1) is 0 Å². The highest BCUT2D eigenvalue weighted by Crippen LogP contribution is 2.51. The predicted octanol–water partition coefficient (Wildman–Crippen LogP) is 4.18. The molecule has 3 aliphatic carbocycles. The fourth-order valence-corrected chi connectivity index (χ4v) is 5.89. The molecule has 23 heavy (non-hydrogen) atoms. The number of carbonyl (C=O) groups is 1. The van der Waals surface area contributed by atoms with Crippen molar-refractivity contribution in [2.24, 2.45) is 29.6 Å². The molecule has 3 fully saturated rings. The molecule has 4 rings (SSSR count). The Kier molecular flexibility index (Phi) is 4.50. The van der Waals surface area contributed by atoms with Crippen LogP contribution in [0.3, 0.4) is 0 Å². The summed E-state index contributed by atoms with van der Waals surface area (Å²) >= 11 is 0. The first-order valence-electron chi connectivity index (χ1n) is 9.78. The lowest BCUT2D eigenvalue weighted by molar-refractivity contribution is -0.684. The zero-order chi connectivity index (χ0) is 15.6. The third-order valence-corrected chi connectivity index (χ3v) is 6.99. The molecular weight excluding hydrogens is 282 g/mol. The number of pyridine rings is 1. The third kappa shape index (κ3) is 3.22. The van der Waals surface area contributed by atoms with Gasteiger partial charge in [-0.25, -0.2) is 0 Å². The minimum Gasteiger partial charge on any atom is -0.292 e. The molecule has 2 nitrogen and oxygen atoms in total. The molecule has 1 aromatic heterocycles. The predicted molar refractivity (Wildman–Crippen MR) is 90.6 cm³/mol. The van der Waals surface area contributed by atoms with Crippen LogP contribution in [0.25, 0.3) is 0 Å². The van der Waals surface area contributed by atoms with Crippen LogP contribution in [-0.2, 0) is 11.3 Å². The Morgan fingerprint density at radius 3 is 2.30 bits per heavy atom. The van der Waals surface area contributed by atoms with Gasteiger partial charge in [-0.1, -0.05) is 44.6 Å². The quantitative estimate of drug-likeness (QED) is 0.767. The molecule has 124 valence electrons. The molecule has 0 amide bonds. The highest BCUT2D eigenvalue weighted by atomic mass is 16.1. The number of Topliss-reactive ketones (excluding diaryl/α,β-unsaturated/α-hetero) is 1. The smallest absolute Gasteiger partial charge is 0.206 e. The fraction of sp³-hybridized carbons (Fsp3) is 0.714. The van der Waals surface area contributed by atoms with Crippen LogP contribution in [0.4, 0.5) is 0 Å². The van der Waals surface area contributed by atoms with Gasteiger partial charge in [0.25, 0.3) is 0 Å². The number of fused-ring (bicyclic) bond motifs is 2. The summed E-state index contributed by atoms with van der Waals surface area (Å²) in [6.07, 6.45) is 16.4. The van der Waals surface area contributed by atoms with E-state index in [0.29, 0.717) is 24.2 Å². The maximum absolute atomic E-state index is 13.0. The summed E-state index contributed by atoms with van der Waals surface area (Å²) < 4.78 is 2.05. The lowest BCUT2D eigenvalue weighted by atomic mass is 9.56. The number of rotatable bonds is 3. The maximum Gasteiger partial charge on any atom is 0.206 e. The molecule has 0 N–H and O–H groups in total. The minimum atomic E-state index is 0.337. The summed E-state index contributed by atoms with van der Waals surface area (Å²) in [4.78, 5) is 13.0.